The summed E-state index contributed by atoms with van der Waals surface area (Å²) in [4.78, 5) is 11.3. The van der Waals surface area contributed by atoms with Gasteiger partial charge in [0.2, 0.25) is 0 Å². The van der Waals surface area contributed by atoms with Crippen molar-refractivity contribution in [1.29, 1.82) is 5.26 Å². The monoisotopic (exact) mass is 335 g/mol. The van der Waals surface area contributed by atoms with E-state index >= 15 is 0 Å². The molecule has 0 atom stereocenters. The lowest BCUT2D eigenvalue weighted by atomic mass is 10.0. The van der Waals surface area contributed by atoms with Crippen LogP contribution in [-0.2, 0) is 22.1 Å². The molecule has 0 amide bonds. The van der Waals surface area contributed by atoms with Crippen LogP contribution in [0.5, 0.6) is 0 Å². The highest BCUT2D eigenvalue weighted by atomic mass is 79.9. The second kappa shape index (κ2) is 6.06. The molecule has 3 nitrogen and oxygen atoms in total. The molecule has 1 rings (SSSR count). The van der Waals surface area contributed by atoms with Gasteiger partial charge in [0, 0.05) is 4.47 Å². The second-order valence-corrected chi connectivity index (χ2v) is 4.38. The van der Waals surface area contributed by atoms with E-state index < -0.39 is 17.7 Å². The van der Waals surface area contributed by atoms with Crippen molar-refractivity contribution < 1.29 is 22.7 Å². The summed E-state index contributed by atoms with van der Waals surface area (Å²) in [5.74, 6) is -0.647. The van der Waals surface area contributed by atoms with Crippen LogP contribution in [0, 0.1) is 11.3 Å². The Labute approximate surface area is 116 Å². The van der Waals surface area contributed by atoms with Crippen molar-refractivity contribution in [2.75, 3.05) is 6.61 Å². The van der Waals surface area contributed by atoms with E-state index in [1.54, 1.807) is 13.0 Å². The summed E-state index contributed by atoms with van der Waals surface area (Å²) in [6.07, 6.45) is -4.93. The Morgan fingerprint density at radius 3 is 2.58 bits per heavy atom. The fourth-order valence-electron chi connectivity index (χ4n) is 1.45. The van der Waals surface area contributed by atoms with Gasteiger partial charge in [-0.2, -0.15) is 18.4 Å². The van der Waals surface area contributed by atoms with Crippen LogP contribution in [0.15, 0.2) is 16.6 Å². The Morgan fingerprint density at radius 2 is 2.11 bits per heavy atom. The number of rotatable bonds is 3. The number of esters is 1. The van der Waals surface area contributed by atoms with Gasteiger partial charge in [-0.1, -0.05) is 0 Å². The lowest BCUT2D eigenvalue weighted by Crippen LogP contribution is -2.12. The van der Waals surface area contributed by atoms with Gasteiger partial charge in [-0.25, -0.2) is 0 Å². The molecule has 0 N–H and O–H groups in total. The third kappa shape index (κ3) is 3.96. The number of hydrogen-bond acceptors (Lipinski definition) is 3. The van der Waals surface area contributed by atoms with Gasteiger partial charge in [-0.15, -0.1) is 0 Å². The predicted molar refractivity (Wildman–Crippen MR) is 64.2 cm³/mol. The Bertz CT molecular complexity index is 535. The molecule has 0 bridgehead atoms. The second-order valence-electron chi connectivity index (χ2n) is 3.59. The molecule has 1 aromatic rings. The van der Waals surface area contributed by atoms with Crippen LogP contribution in [0.4, 0.5) is 13.2 Å². The maximum atomic E-state index is 12.8. The zero-order chi connectivity index (χ0) is 14.6. The van der Waals surface area contributed by atoms with E-state index in [0.29, 0.717) is 0 Å². The van der Waals surface area contributed by atoms with Crippen molar-refractivity contribution >= 4 is 21.9 Å². The first-order chi connectivity index (χ1) is 8.79. The first-order valence-corrected chi connectivity index (χ1v) is 6.04. The zero-order valence-corrected chi connectivity index (χ0v) is 11.4. The molecule has 0 aliphatic carbocycles. The van der Waals surface area contributed by atoms with Gasteiger partial charge in [-0.3, -0.25) is 4.79 Å². The Morgan fingerprint density at radius 1 is 1.47 bits per heavy atom. The van der Waals surface area contributed by atoms with E-state index in [2.05, 4.69) is 20.7 Å². The van der Waals surface area contributed by atoms with Crippen molar-refractivity contribution in [2.45, 2.75) is 19.5 Å². The minimum Gasteiger partial charge on any atom is -0.466 e. The van der Waals surface area contributed by atoms with E-state index in [-0.39, 0.29) is 28.6 Å². The molecule has 0 saturated heterocycles. The average Bonchev–Trinajstić information content (AvgIpc) is 2.30. The highest BCUT2D eigenvalue weighted by Gasteiger charge is 2.34. The third-order valence-electron chi connectivity index (χ3n) is 2.22. The number of carbonyl (C=O) groups is 1. The number of alkyl halides is 3. The first-order valence-electron chi connectivity index (χ1n) is 5.25. The maximum Gasteiger partial charge on any atom is 0.417 e. The number of hydrogen-bond donors (Lipinski definition) is 0. The van der Waals surface area contributed by atoms with Crippen LogP contribution in [0.25, 0.3) is 0 Å². The summed E-state index contributed by atoms with van der Waals surface area (Å²) >= 11 is 2.82. The maximum absolute atomic E-state index is 12.8. The van der Waals surface area contributed by atoms with Crippen LogP contribution < -0.4 is 0 Å². The largest absolute Gasteiger partial charge is 0.466 e. The Balaban J connectivity index is 3.25. The molecule has 0 unspecified atom stereocenters. The van der Waals surface area contributed by atoms with Crippen molar-refractivity contribution in [3.8, 4) is 6.07 Å². The molecule has 0 aromatic heterocycles. The summed E-state index contributed by atoms with van der Waals surface area (Å²) in [6.45, 7) is 1.74. The average molecular weight is 336 g/mol. The van der Waals surface area contributed by atoms with E-state index in [0.717, 1.165) is 6.07 Å². The molecule has 7 heteroatoms. The van der Waals surface area contributed by atoms with Gasteiger partial charge >= 0.3 is 12.1 Å². The van der Waals surface area contributed by atoms with Crippen molar-refractivity contribution in [3.63, 3.8) is 0 Å². The van der Waals surface area contributed by atoms with E-state index in [9.17, 15) is 18.0 Å². The summed E-state index contributed by atoms with van der Waals surface area (Å²) < 4.78 is 42.8. The fraction of sp³-hybridized carbons (Fsp3) is 0.333. The van der Waals surface area contributed by atoms with Crippen LogP contribution in [-0.4, -0.2) is 12.6 Å². The smallest absolute Gasteiger partial charge is 0.417 e. The summed E-state index contributed by atoms with van der Waals surface area (Å²) in [5.41, 5.74) is -1.06. The highest BCUT2D eigenvalue weighted by molar-refractivity contribution is 9.10. The van der Waals surface area contributed by atoms with Crippen LogP contribution >= 0.6 is 15.9 Å². The molecular weight excluding hydrogens is 327 g/mol. The first kappa shape index (κ1) is 15.5. The molecule has 0 spiro atoms. The topological polar surface area (TPSA) is 50.1 Å². The van der Waals surface area contributed by atoms with Crippen molar-refractivity contribution in [1.82, 2.24) is 0 Å². The molecule has 19 heavy (non-hydrogen) atoms. The van der Waals surface area contributed by atoms with E-state index in [4.69, 9.17) is 5.26 Å². The molecule has 0 aliphatic heterocycles. The summed E-state index contributed by atoms with van der Waals surface area (Å²) in [6, 6.07) is 3.61. The van der Waals surface area contributed by atoms with Gasteiger partial charge in [0.05, 0.1) is 30.2 Å². The zero-order valence-electron chi connectivity index (χ0n) is 9.84. The van der Waals surface area contributed by atoms with Crippen LogP contribution in [0.2, 0.25) is 0 Å². The number of nitriles is 1. The van der Waals surface area contributed by atoms with E-state index in [1.807, 2.05) is 0 Å². The number of nitrogens with zero attached hydrogens (tertiary/aromatic N) is 1. The molecule has 0 aliphatic rings. The molecule has 0 radical (unpaired) electrons. The molecule has 0 saturated carbocycles. The van der Waals surface area contributed by atoms with Crippen LogP contribution in [0.3, 0.4) is 0 Å². The quantitative estimate of drug-likeness (QED) is 0.795. The van der Waals surface area contributed by atoms with E-state index in [1.165, 1.54) is 6.07 Å². The van der Waals surface area contributed by atoms with Crippen molar-refractivity contribution in [2.24, 2.45) is 0 Å². The standard InChI is InChI=1S/C12H9BrF3NO2/c1-2-19-10(18)5-8-3-7(6-17)4-9(11(8)13)12(14,15)16/h3-4H,2,5H2,1H3. The molecule has 102 valence electrons. The Hall–Kier alpha value is -1.55. The number of benzene rings is 1. The number of carbonyl (C=O) groups excluding carboxylic acids is 1. The lowest BCUT2D eigenvalue weighted by Gasteiger charge is -2.13. The normalized spacial score (nSPS) is 10.9. The predicted octanol–water partition coefficient (Wildman–Crippen LogP) is 3.45. The van der Waals surface area contributed by atoms with Crippen LogP contribution in [0.1, 0.15) is 23.6 Å². The number of ether oxygens (including phenoxy) is 1. The van der Waals surface area contributed by atoms with Gasteiger partial charge in [0.25, 0.3) is 0 Å². The van der Waals surface area contributed by atoms with Crippen molar-refractivity contribution in [3.05, 3.63) is 33.3 Å². The number of halogens is 4. The SMILES string of the molecule is CCOC(=O)Cc1cc(C#N)cc(C(F)(F)F)c1Br. The molecule has 0 heterocycles. The summed E-state index contributed by atoms with van der Waals surface area (Å²) in [7, 11) is 0. The molecular formula is C12H9BrF3NO2. The third-order valence-corrected chi connectivity index (χ3v) is 3.16. The van der Waals surface area contributed by atoms with Gasteiger partial charge in [0.1, 0.15) is 0 Å². The molecule has 1 aromatic carbocycles. The van der Waals surface area contributed by atoms with Gasteiger partial charge < -0.3 is 4.74 Å². The minimum absolute atomic E-state index is 0.0739. The van der Waals surface area contributed by atoms with Gasteiger partial charge in [-0.05, 0) is 40.5 Å². The Kier molecular flexibility index (Phi) is 4.95. The molecule has 0 fully saturated rings. The fourth-order valence-corrected chi connectivity index (χ4v) is 2.05. The summed E-state index contributed by atoms with van der Waals surface area (Å²) in [5, 5.41) is 8.73. The van der Waals surface area contributed by atoms with Gasteiger partial charge in [0.15, 0.2) is 0 Å². The minimum atomic E-state index is -4.60. The highest BCUT2D eigenvalue weighted by Crippen LogP contribution is 2.37. The lowest BCUT2D eigenvalue weighted by molar-refractivity contribution is -0.143.